The number of phenolic OH excluding ortho intramolecular Hbond substituents is 1. The van der Waals surface area contributed by atoms with Crippen molar-refractivity contribution in [2.45, 2.75) is 241 Å². The van der Waals surface area contributed by atoms with Gasteiger partial charge in [-0.2, -0.15) is 0 Å². The molecule has 3 aliphatic rings. The normalized spacial score (nSPS) is 24.3. The van der Waals surface area contributed by atoms with E-state index in [1.54, 1.807) is 55.8 Å². The molecule has 0 spiro atoms. The molecule has 9 rings (SSSR count). The summed E-state index contributed by atoms with van der Waals surface area (Å²) in [4.78, 5) is 268. The van der Waals surface area contributed by atoms with Crippen LogP contribution in [0.4, 0.5) is 0 Å². The summed E-state index contributed by atoms with van der Waals surface area (Å²) in [6.07, 6.45) is 4.37. The number of thiophene rings is 1. The number of nitrogens with zero attached hydrogens (tertiary/aromatic N) is 6. The first kappa shape index (κ1) is 107. The number of thioether (sulfide) groups is 1. The number of nitrogens with two attached hydrogens (primary N) is 3. The highest BCUT2D eigenvalue weighted by Gasteiger charge is 2.46. The quantitative estimate of drug-likeness (QED) is 0.0154. The number of amides is 17. The third-order valence-corrected chi connectivity index (χ3v) is 26.6. The zero-order valence-corrected chi connectivity index (χ0v) is 79.8. The Hall–Kier alpha value is -13.3. The lowest BCUT2D eigenvalue weighted by molar-refractivity contribution is -0.149. The van der Waals surface area contributed by atoms with Gasteiger partial charge in [0.15, 0.2) is 5.96 Å². The van der Waals surface area contributed by atoms with Crippen molar-refractivity contribution in [1.29, 1.82) is 5.41 Å². The maximum Gasteiger partial charge on any atom is 0.246 e. The molecule has 3 fully saturated rings. The van der Waals surface area contributed by atoms with Gasteiger partial charge in [-0.3, -0.25) is 86.9 Å². The van der Waals surface area contributed by atoms with Crippen molar-refractivity contribution in [3.63, 3.8) is 0 Å². The number of benzene rings is 3. The number of aromatic nitrogens is 3. The fourth-order valence-corrected chi connectivity index (χ4v) is 18.7. The van der Waals surface area contributed by atoms with E-state index in [0.717, 1.165) is 24.3 Å². The first-order valence-electron chi connectivity index (χ1n) is 46.0. The van der Waals surface area contributed by atoms with E-state index < -0.39 is 228 Å². The molecule has 3 aliphatic heterocycles. The van der Waals surface area contributed by atoms with E-state index in [9.17, 15) is 53.7 Å². The van der Waals surface area contributed by atoms with Crippen LogP contribution >= 0.6 is 23.1 Å². The number of nitrogens with one attached hydrogen (secondary N) is 14. The fraction of sp³-hybridized carbons (Fsp3) is 0.533. The largest absolute Gasteiger partial charge is 0.508 e. The number of phenols is 1. The second-order valence-electron chi connectivity index (χ2n) is 35.1. The molecule has 45 heteroatoms. The monoisotopic (exact) mass is 1940 g/mol. The summed E-state index contributed by atoms with van der Waals surface area (Å²) < 4.78 is 0.817. The number of aliphatic hydroxyl groups excluding tert-OH is 2. The topological polar surface area (TPSA) is 646 Å². The van der Waals surface area contributed by atoms with Gasteiger partial charge in [0.2, 0.25) is 100 Å². The molecular formula is C92H129N23O20S2. The minimum absolute atomic E-state index is 0.00187. The van der Waals surface area contributed by atoms with Gasteiger partial charge >= 0.3 is 0 Å². The Morgan fingerprint density at radius 3 is 1.72 bits per heavy atom. The zero-order chi connectivity index (χ0) is 100. The summed E-state index contributed by atoms with van der Waals surface area (Å²) in [6.45, 7) is 6.29. The summed E-state index contributed by atoms with van der Waals surface area (Å²) in [5, 5.41) is 71.9. The number of guanidine groups is 1. The lowest BCUT2D eigenvalue weighted by atomic mass is 10.00. The van der Waals surface area contributed by atoms with Crippen LogP contribution in [0.5, 0.6) is 5.75 Å². The van der Waals surface area contributed by atoms with E-state index in [-0.39, 0.29) is 115 Å². The molecule has 3 saturated heterocycles. The Bertz CT molecular complexity index is 5270. The SMILES string of the molecule is CCCC[C@H]1C(=O)N(C)[C@@H](CCCC)C(=O)N[C@@H](CCCNC(=N)N)C(=O)NC(C(=O)N[C@@H](CO)C(N)=O)CSCC(=O)N[C@@H](Cc2ccc(O)cc2)C(=O)N(C)[C@@H](C)C(=O)N[C@@H](CC(N)=O)C(=O)N2CCC[C@H]2C(=O)N[C@@H](Cc2cnc[nH]2)C(=O)N[C@@H](CC(C)C)C(=O)N2CCC[C@H]2C(=O)N[C@@H](Cc2c[nH]c3ccccc23)C(=O)N[C@@H](CO)C(=O)N[C@@H](Cc2csc3ccccc23)C(=O)N1C. The number of aromatic amines is 2. The summed E-state index contributed by atoms with van der Waals surface area (Å²) in [5.41, 5.74) is 19.4. The van der Waals surface area contributed by atoms with E-state index >= 15 is 43.2 Å². The van der Waals surface area contributed by atoms with E-state index in [0.29, 0.717) is 76.1 Å². The number of fused-ring (bicyclic) bond motifs is 4. The van der Waals surface area contributed by atoms with Crippen LogP contribution in [0.1, 0.15) is 147 Å². The number of unbranched alkanes of at least 4 members (excludes halogenated alkanes) is 2. The van der Waals surface area contributed by atoms with Crippen molar-refractivity contribution in [3.8, 4) is 5.75 Å². The number of hydrogen-bond acceptors (Lipinski definition) is 24. The predicted octanol–water partition coefficient (Wildman–Crippen LogP) is -1.81. The van der Waals surface area contributed by atoms with Gasteiger partial charge in [0.25, 0.3) is 0 Å². The van der Waals surface area contributed by atoms with Crippen LogP contribution in [0.2, 0.25) is 0 Å². The second kappa shape index (κ2) is 51.6. The fourth-order valence-electron chi connectivity index (χ4n) is 16.9. The minimum Gasteiger partial charge on any atom is -0.508 e. The van der Waals surface area contributed by atoms with E-state index in [4.69, 9.17) is 22.6 Å². The standard InChI is InChI=1S/C92H129N23O20S2/c1-9-11-24-70-84(128)102-60(23-17-33-98-92(95)96)79(123)110-69(83(127)108-67(44-116)77(94)121)47-136-48-76(120)101-64(37-52-29-31-56(118)32-30-52)87(131)111(6)51(5)78(122)105-66(41-75(93)119)90(134)115-35-19-27-72(115)86(130)104-62(40-55-43-97-49-100-55)81(125)106-63(36-50(3)4)89(133)114-34-18-26-71(114)85(129)103-61(38-53-42-99-59-22-15-13-20-57(53)59)80(124)109-68(45-117)82(126)107-65(39-54-46-137-74-28-16-14-21-58(54)74)88(132)113(8)73(25-12-10-2)91(135)112(70)7/h13-16,20-22,28-32,42-43,46,49-51,60-73,99,116-118H,9-12,17-19,23-27,33-41,44-45,47-48H2,1-8H3,(H2,93,119)(H2,94,121)(H,97,100)(H,101,120)(H,102,128)(H,103,129)(H,104,130)(H,105,122)(H,106,125)(H,107,126)(H,108,127)(H,109,124)(H,110,123)(H4,95,96,98)/t51-,60-,61-,62-,63-,64-,65-,66-,67-,68-,69?,70-,71-,72-,73-/m0/s1. The summed E-state index contributed by atoms with van der Waals surface area (Å²) in [6, 6.07) is -3.29. The van der Waals surface area contributed by atoms with Crippen molar-refractivity contribution in [1.82, 2.24) is 97.9 Å². The molecule has 137 heavy (non-hydrogen) atoms. The first-order chi connectivity index (χ1) is 65.3. The Balaban J connectivity index is 1.10. The average molecular weight is 1940 g/mol. The number of carbonyl (C=O) groups is 17. The molecular weight excluding hydrogens is 1810 g/mol. The molecule has 23 N–H and O–H groups in total. The van der Waals surface area contributed by atoms with Crippen LogP contribution in [0.25, 0.3) is 21.0 Å². The predicted molar refractivity (Wildman–Crippen MR) is 508 cm³/mol. The van der Waals surface area contributed by atoms with Crippen LogP contribution in [-0.4, -0.2) is 317 Å². The van der Waals surface area contributed by atoms with Crippen LogP contribution in [-0.2, 0) is 107 Å². The molecule has 0 aliphatic carbocycles. The number of rotatable bonds is 27. The molecule has 3 aromatic heterocycles. The molecule has 17 amide bonds. The van der Waals surface area contributed by atoms with Gasteiger partial charge in [0.1, 0.15) is 96.4 Å². The number of aliphatic hydroxyl groups is 2. The van der Waals surface area contributed by atoms with Crippen molar-refractivity contribution in [2.75, 3.05) is 65.5 Å². The van der Waals surface area contributed by atoms with Gasteiger partial charge in [0, 0.05) is 106 Å². The van der Waals surface area contributed by atoms with Crippen molar-refractivity contribution < 1.29 is 96.8 Å². The van der Waals surface area contributed by atoms with E-state index in [1.807, 2.05) is 32.0 Å². The Kier molecular flexibility index (Phi) is 40.4. The van der Waals surface area contributed by atoms with Crippen LogP contribution in [0.3, 0.4) is 0 Å². The van der Waals surface area contributed by atoms with Gasteiger partial charge in [-0.25, -0.2) is 4.98 Å². The third kappa shape index (κ3) is 29.9. The van der Waals surface area contributed by atoms with Crippen LogP contribution < -0.4 is 75.7 Å². The van der Waals surface area contributed by atoms with Crippen molar-refractivity contribution in [2.24, 2.45) is 23.1 Å². The van der Waals surface area contributed by atoms with E-state index in [2.05, 4.69) is 73.4 Å². The maximum absolute atomic E-state index is 15.8. The Labute approximate surface area is 800 Å². The molecule has 1 unspecified atom stereocenters. The van der Waals surface area contributed by atoms with Gasteiger partial charge in [-0.05, 0) is 122 Å². The smallest absolute Gasteiger partial charge is 0.246 e. The molecule has 15 atom stereocenters. The van der Waals surface area contributed by atoms with Gasteiger partial charge in [0.05, 0.1) is 31.7 Å². The number of primary amides is 2. The number of hydrogen-bond donors (Lipinski definition) is 20. The minimum atomic E-state index is -1.85. The molecule has 6 aromatic rings. The number of imidazole rings is 1. The highest BCUT2D eigenvalue weighted by Crippen LogP contribution is 2.30. The molecule has 0 radical (unpaired) electrons. The van der Waals surface area contributed by atoms with Crippen LogP contribution in [0, 0.1) is 11.3 Å². The highest BCUT2D eigenvalue weighted by atomic mass is 32.2. The van der Waals surface area contributed by atoms with Gasteiger partial charge in [-0.1, -0.05) is 102 Å². The number of para-hydroxylation sites is 1. The average Bonchev–Trinajstić information content (AvgIpc) is 1.61. The lowest BCUT2D eigenvalue weighted by Gasteiger charge is -2.36. The molecule has 43 nitrogen and oxygen atoms in total. The zero-order valence-electron chi connectivity index (χ0n) is 78.2. The highest BCUT2D eigenvalue weighted by molar-refractivity contribution is 8.00. The first-order valence-corrected chi connectivity index (χ1v) is 48.0. The van der Waals surface area contributed by atoms with Crippen molar-refractivity contribution in [3.05, 3.63) is 119 Å². The van der Waals surface area contributed by atoms with E-state index in [1.165, 1.54) is 81.1 Å². The lowest BCUT2D eigenvalue weighted by Crippen LogP contribution is -2.62. The summed E-state index contributed by atoms with van der Waals surface area (Å²) in [7, 11) is 3.91. The molecule has 0 saturated carbocycles. The second-order valence-corrected chi connectivity index (χ2v) is 37.1. The Morgan fingerprint density at radius 1 is 0.562 bits per heavy atom. The molecule has 3 aromatic carbocycles. The maximum atomic E-state index is 15.8. The molecule has 744 valence electrons. The number of carbonyl (C=O) groups excluding carboxylic acids is 17. The van der Waals surface area contributed by atoms with Crippen LogP contribution in [0.15, 0.2) is 96.9 Å². The summed E-state index contributed by atoms with van der Waals surface area (Å²) in [5.74, 6) is -18.0. The Morgan fingerprint density at radius 2 is 1.11 bits per heavy atom. The molecule has 6 heterocycles. The summed E-state index contributed by atoms with van der Waals surface area (Å²) >= 11 is 2.07. The van der Waals surface area contributed by atoms with Gasteiger partial charge < -0.3 is 125 Å². The third-order valence-electron chi connectivity index (χ3n) is 24.6. The van der Waals surface area contributed by atoms with Gasteiger partial charge in [-0.15, -0.1) is 23.1 Å². The number of H-pyrrole nitrogens is 2. The molecule has 0 bridgehead atoms. The number of aromatic hydroxyl groups is 1. The van der Waals surface area contributed by atoms with Crippen molar-refractivity contribution >= 4 is 150 Å². The number of likely N-dealkylation sites (N-methyl/N-ethyl adjacent to an activating group) is 3.